The first-order chi connectivity index (χ1) is 12.5. The number of ether oxygens (including phenoxy) is 1. The topological polar surface area (TPSA) is 46.6 Å². The number of amides is 1. The molecular formula is C19H14BrNO3S2. The molecule has 2 aromatic carbocycles. The summed E-state index contributed by atoms with van der Waals surface area (Å²) in [7, 11) is 1.61. The highest BCUT2D eigenvalue weighted by atomic mass is 79.9. The van der Waals surface area contributed by atoms with E-state index in [-0.39, 0.29) is 17.6 Å². The van der Waals surface area contributed by atoms with Crippen molar-refractivity contribution in [1.82, 2.24) is 4.90 Å². The van der Waals surface area contributed by atoms with Gasteiger partial charge in [0.05, 0.1) is 18.6 Å². The normalized spacial score (nSPS) is 15.6. The number of methoxy groups -OCH3 is 1. The van der Waals surface area contributed by atoms with E-state index in [0.717, 1.165) is 27.5 Å². The first kappa shape index (κ1) is 18.8. The zero-order chi connectivity index (χ0) is 18.7. The summed E-state index contributed by atoms with van der Waals surface area (Å²) < 4.78 is 6.02. The van der Waals surface area contributed by atoms with Gasteiger partial charge in [-0.1, -0.05) is 52.4 Å². The van der Waals surface area contributed by atoms with E-state index >= 15 is 0 Å². The second-order valence-corrected chi connectivity index (χ2v) is 7.77. The Morgan fingerprint density at radius 3 is 2.46 bits per heavy atom. The minimum atomic E-state index is -0.236. The number of thioether (sulfide) groups is 1. The Balaban J connectivity index is 1.74. The molecule has 0 unspecified atom stereocenters. The summed E-state index contributed by atoms with van der Waals surface area (Å²) in [6.45, 7) is -0.0632. The van der Waals surface area contributed by atoms with Gasteiger partial charge in [0.25, 0.3) is 5.24 Å². The van der Waals surface area contributed by atoms with Crippen molar-refractivity contribution in [2.75, 3.05) is 13.7 Å². The van der Waals surface area contributed by atoms with Gasteiger partial charge in [0, 0.05) is 10.0 Å². The number of thiocarbonyl (C=S) groups is 1. The number of Topliss-reactive ketones (excluding diaryl/α,β-unsaturated/α-hetero) is 1. The predicted molar refractivity (Wildman–Crippen MR) is 112 cm³/mol. The lowest BCUT2D eigenvalue weighted by Gasteiger charge is -2.13. The maximum atomic E-state index is 12.4. The van der Waals surface area contributed by atoms with E-state index in [1.54, 1.807) is 31.4 Å². The molecule has 0 aliphatic carbocycles. The van der Waals surface area contributed by atoms with E-state index in [9.17, 15) is 9.59 Å². The molecule has 1 heterocycles. The average Bonchev–Trinajstić information content (AvgIpc) is 2.90. The molecule has 4 nitrogen and oxygen atoms in total. The van der Waals surface area contributed by atoms with E-state index in [2.05, 4.69) is 15.9 Å². The molecule has 0 spiro atoms. The maximum Gasteiger partial charge on any atom is 0.292 e. The van der Waals surface area contributed by atoms with Crippen LogP contribution in [0.2, 0.25) is 0 Å². The molecule has 0 bridgehead atoms. The van der Waals surface area contributed by atoms with Crippen LogP contribution in [0.3, 0.4) is 0 Å². The second kappa shape index (κ2) is 8.16. The molecule has 3 rings (SSSR count). The van der Waals surface area contributed by atoms with Crippen LogP contribution in [0.1, 0.15) is 15.9 Å². The van der Waals surface area contributed by atoms with Crippen molar-refractivity contribution in [3.8, 4) is 5.75 Å². The largest absolute Gasteiger partial charge is 0.497 e. The molecule has 1 saturated heterocycles. The Hall–Kier alpha value is -1.96. The maximum absolute atomic E-state index is 12.4. The fourth-order valence-corrected chi connectivity index (χ4v) is 3.86. The monoisotopic (exact) mass is 447 g/mol. The summed E-state index contributed by atoms with van der Waals surface area (Å²) >= 11 is 9.78. The van der Waals surface area contributed by atoms with Crippen LogP contribution in [0, 0.1) is 0 Å². The SMILES string of the molecule is COc1ccc(/C=C2/SC(=O)N(CC(=O)c3ccc(Br)cc3)C2=S)cc1. The van der Waals surface area contributed by atoms with Gasteiger partial charge in [-0.3, -0.25) is 14.5 Å². The Bertz CT molecular complexity index is 892. The molecule has 0 atom stereocenters. The van der Waals surface area contributed by atoms with Crippen molar-refractivity contribution < 1.29 is 14.3 Å². The number of benzene rings is 2. The highest BCUT2D eigenvalue weighted by molar-refractivity contribution is 9.10. The predicted octanol–water partition coefficient (Wildman–Crippen LogP) is 5.18. The number of hydrogen-bond acceptors (Lipinski definition) is 5. The molecule has 1 fully saturated rings. The Labute approximate surface area is 169 Å². The minimum Gasteiger partial charge on any atom is -0.497 e. The van der Waals surface area contributed by atoms with Crippen LogP contribution >= 0.6 is 39.9 Å². The molecule has 1 amide bonds. The molecule has 26 heavy (non-hydrogen) atoms. The average molecular weight is 448 g/mol. The van der Waals surface area contributed by atoms with Gasteiger partial charge in [-0.2, -0.15) is 0 Å². The van der Waals surface area contributed by atoms with Crippen molar-refractivity contribution in [2.45, 2.75) is 0 Å². The zero-order valence-electron chi connectivity index (χ0n) is 13.8. The van der Waals surface area contributed by atoms with Gasteiger partial charge in [0.15, 0.2) is 5.78 Å². The van der Waals surface area contributed by atoms with Crippen LogP contribution in [0.15, 0.2) is 57.9 Å². The highest BCUT2D eigenvalue weighted by Gasteiger charge is 2.33. The summed E-state index contributed by atoms with van der Waals surface area (Å²) in [6, 6.07) is 14.5. The first-order valence-corrected chi connectivity index (χ1v) is 9.68. The van der Waals surface area contributed by atoms with Crippen LogP contribution in [-0.2, 0) is 0 Å². The van der Waals surface area contributed by atoms with Gasteiger partial charge >= 0.3 is 0 Å². The van der Waals surface area contributed by atoms with Crippen LogP contribution < -0.4 is 4.74 Å². The minimum absolute atomic E-state index is 0.0632. The lowest BCUT2D eigenvalue weighted by atomic mass is 10.1. The van der Waals surface area contributed by atoms with Gasteiger partial charge < -0.3 is 4.74 Å². The molecule has 1 aliphatic heterocycles. The summed E-state index contributed by atoms with van der Waals surface area (Å²) in [5, 5.41) is -0.236. The Kier molecular flexibility index (Phi) is 5.90. The lowest BCUT2D eigenvalue weighted by Crippen LogP contribution is -2.32. The molecule has 0 saturated carbocycles. The van der Waals surface area contributed by atoms with E-state index in [1.807, 2.05) is 30.3 Å². The van der Waals surface area contributed by atoms with E-state index in [4.69, 9.17) is 17.0 Å². The quantitative estimate of drug-likeness (QED) is 0.359. The van der Waals surface area contributed by atoms with Gasteiger partial charge in [-0.25, -0.2) is 0 Å². The number of hydrogen-bond donors (Lipinski definition) is 0. The second-order valence-electron chi connectivity index (χ2n) is 5.47. The van der Waals surface area contributed by atoms with Crippen molar-refractivity contribution >= 4 is 62.0 Å². The number of halogens is 1. The summed E-state index contributed by atoms with van der Waals surface area (Å²) in [5.41, 5.74) is 1.45. The summed E-state index contributed by atoms with van der Waals surface area (Å²) in [4.78, 5) is 27.1. The highest BCUT2D eigenvalue weighted by Crippen LogP contribution is 2.33. The number of carbonyl (C=O) groups is 2. The van der Waals surface area contributed by atoms with Crippen LogP contribution in [0.25, 0.3) is 6.08 Å². The summed E-state index contributed by atoms with van der Waals surface area (Å²) in [6.07, 6.45) is 1.84. The standard InChI is InChI=1S/C19H14BrNO3S2/c1-24-15-8-2-12(3-9-15)10-17-18(25)21(19(23)26-17)11-16(22)13-4-6-14(20)7-5-13/h2-10H,11H2,1H3/b17-10+. The van der Waals surface area contributed by atoms with Crippen molar-refractivity contribution in [3.05, 3.63) is 69.0 Å². The van der Waals surface area contributed by atoms with Crippen molar-refractivity contribution in [3.63, 3.8) is 0 Å². The molecule has 0 radical (unpaired) electrons. The van der Waals surface area contributed by atoms with Crippen molar-refractivity contribution in [1.29, 1.82) is 0 Å². The summed E-state index contributed by atoms with van der Waals surface area (Å²) in [5.74, 6) is 0.603. The lowest BCUT2D eigenvalue weighted by molar-refractivity contribution is 0.0973. The van der Waals surface area contributed by atoms with Crippen molar-refractivity contribution in [2.24, 2.45) is 0 Å². The third-order valence-corrected chi connectivity index (χ3v) is 5.78. The molecule has 132 valence electrons. The number of carbonyl (C=O) groups excluding carboxylic acids is 2. The van der Waals surface area contributed by atoms with Gasteiger partial charge in [0.2, 0.25) is 0 Å². The molecule has 0 N–H and O–H groups in total. The number of rotatable bonds is 5. The zero-order valence-corrected chi connectivity index (χ0v) is 17.0. The van der Waals surface area contributed by atoms with E-state index < -0.39 is 0 Å². The van der Waals surface area contributed by atoms with Crippen LogP contribution in [0.5, 0.6) is 5.75 Å². The van der Waals surface area contributed by atoms with Gasteiger partial charge in [0.1, 0.15) is 10.7 Å². The molecular weight excluding hydrogens is 434 g/mol. The molecule has 1 aliphatic rings. The fourth-order valence-electron chi connectivity index (χ4n) is 2.36. The number of nitrogens with zero attached hydrogens (tertiary/aromatic N) is 1. The fraction of sp³-hybridized carbons (Fsp3) is 0.105. The molecule has 0 aromatic heterocycles. The molecule has 7 heteroatoms. The van der Waals surface area contributed by atoms with E-state index in [1.165, 1.54) is 4.90 Å². The smallest absolute Gasteiger partial charge is 0.292 e. The van der Waals surface area contributed by atoms with Gasteiger partial charge in [-0.05, 0) is 47.7 Å². The number of ketones is 1. The molecule has 2 aromatic rings. The third-order valence-electron chi connectivity index (χ3n) is 3.76. The Morgan fingerprint density at radius 2 is 1.85 bits per heavy atom. The van der Waals surface area contributed by atoms with Crippen LogP contribution in [0.4, 0.5) is 4.79 Å². The van der Waals surface area contributed by atoms with Crippen LogP contribution in [-0.4, -0.2) is 34.6 Å². The Morgan fingerprint density at radius 1 is 1.19 bits per heavy atom. The first-order valence-electron chi connectivity index (χ1n) is 7.66. The van der Waals surface area contributed by atoms with E-state index in [0.29, 0.717) is 15.5 Å². The van der Waals surface area contributed by atoms with Gasteiger partial charge in [-0.15, -0.1) is 0 Å². The third kappa shape index (κ3) is 4.23.